The van der Waals surface area contributed by atoms with Crippen LogP contribution >= 0.6 is 11.3 Å². The van der Waals surface area contributed by atoms with E-state index in [0.29, 0.717) is 21.6 Å². The minimum absolute atomic E-state index is 0.0466. The van der Waals surface area contributed by atoms with Crippen LogP contribution in [0.3, 0.4) is 0 Å². The van der Waals surface area contributed by atoms with Gasteiger partial charge in [-0.15, -0.1) is 5.10 Å². The minimum atomic E-state index is -0.498. The molecule has 3 heterocycles. The molecule has 0 saturated heterocycles. The molecule has 10 heteroatoms. The van der Waals surface area contributed by atoms with Gasteiger partial charge in [0.1, 0.15) is 5.56 Å². The molecule has 0 atom stereocenters. The highest BCUT2D eigenvalue weighted by Gasteiger charge is 2.18. The summed E-state index contributed by atoms with van der Waals surface area (Å²) in [6, 6.07) is 5.42. The number of ether oxygens (including phenoxy) is 2. The van der Waals surface area contributed by atoms with Gasteiger partial charge in [-0.1, -0.05) is 17.4 Å². The number of nitrogens with one attached hydrogen (secondary N) is 1. The number of anilines is 1. The fraction of sp³-hybridized carbons (Fsp3) is 0.333. The van der Waals surface area contributed by atoms with E-state index in [1.54, 1.807) is 12.1 Å². The van der Waals surface area contributed by atoms with Crippen LogP contribution in [0.15, 0.2) is 29.2 Å². The van der Waals surface area contributed by atoms with E-state index in [1.807, 2.05) is 24.8 Å². The van der Waals surface area contributed by atoms with E-state index in [9.17, 15) is 9.59 Å². The van der Waals surface area contributed by atoms with E-state index in [4.69, 9.17) is 9.47 Å². The Labute approximate surface area is 164 Å². The molecule has 1 aliphatic heterocycles. The number of hydrogen-bond acceptors (Lipinski definition) is 8. The molecule has 0 spiro atoms. The van der Waals surface area contributed by atoms with Crippen LogP contribution in [0.25, 0.3) is 4.96 Å². The van der Waals surface area contributed by atoms with E-state index < -0.39 is 11.5 Å². The first-order valence-electron chi connectivity index (χ1n) is 8.91. The average molecular weight is 401 g/mol. The highest BCUT2D eigenvalue weighted by molar-refractivity contribution is 7.20. The maximum absolute atomic E-state index is 12.7. The van der Waals surface area contributed by atoms with Gasteiger partial charge in [-0.05, 0) is 31.5 Å². The molecule has 3 aromatic rings. The molecule has 1 amide bonds. The first-order chi connectivity index (χ1) is 13.6. The van der Waals surface area contributed by atoms with Crippen molar-refractivity contribution in [2.75, 3.05) is 24.8 Å². The zero-order valence-electron chi connectivity index (χ0n) is 15.5. The smallest absolute Gasteiger partial charge is 0.288 e. The van der Waals surface area contributed by atoms with Gasteiger partial charge in [0.05, 0.1) is 0 Å². The zero-order valence-corrected chi connectivity index (χ0v) is 16.3. The van der Waals surface area contributed by atoms with Crippen LogP contribution in [0.2, 0.25) is 0 Å². The highest BCUT2D eigenvalue weighted by Crippen LogP contribution is 2.32. The Hall–Kier alpha value is -3.14. The summed E-state index contributed by atoms with van der Waals surface area (Å²) in [5, 5.41) is 7.77. The lowest BCUT2D eigenvalue weighted by Crippen LogP contribution is -2.31. The van der Waals surface area contributed by atoms with Gasteiger partial charge in [0.25, 0.3) is 11.5 Å². The molecule has 0 unspecified atom stereocenters. The molecule has 9 nitrogen and oxygen atoms in total. The molecule has 0 bridgehead atoms. The summed E-state index contributed by atoms with van der Waals surface area (Å²) in [6.07, 6.45) is 1.30. The maximum Gasteiger partial charge on any atom is 0.288 e. The van der Waals surface area contributed by atoms with Crippen LogP contribution in [0.4, 0.5) is 5.13 Å². The predicted molar refractivity (Wildman–Crippen MR) is 104 cm³/mol. The fourth-order valence-corrected chi connectivity index (χ4v) is 3.87. The van der Waals surface area contributed by atoms with E-state index in [-0.39, 0.29) is 18.9 Å². The predicted octanol–water partition coefficient (Wildman–Crippen LogP) is 1.66. The fourth-order valence-electron chi connectivity index (χ4n) is 2.88. The molecule has 1 aliphatic rings. The van der Waals surface area contributed by atoms with E-state index in [2.05, 4.69) is 15.4 Å². The monoisotopic (exact) mass is 401 g/mol. The van der Waals surface area contributed by atoms with E-state index >= 15 is 0 Å². The number of amides is 1. The third-order valence-electron chi connectivity index (χ3n) is 4.44. The molecule has 1 aromatic carbocycles. The SMILES string of the molecule is CCN(CC)c1nn2c(=O)c(C(=O)NCc3ccc4c(c3)OCO4)cnc2s1. The summed E-state index contributed by atoms with van der Waals surface area (Å²) in [7, 11) is 0. The largest absolute Gasteiger partial charge is 0.454 e. The number of carbonyl (C=O) groups is 1. The van der Waals surface area contributed by atoms with Crippen LogP contribution < -0.4 is 25.2 Å². The van der Waals surface area contributed by atoms with Crippen LogP contribution in [0.1, 0.15) is 29.8 Å². The topological polar surface area (TPSA) is 98.1 Å². The number of hydrogen-bond donors (Lipinski definition) is 1. The number of nitrogens with zero attached hydrogens (tertiary/aromatic N) is 4. The first kappa shape index (κ1) is 18.2. The van der Waals surface area contributed by atoms with Crippen molar-refractivity contribution in [1.82, 2.24) is 19.9 Å². The van der Waals surface area contributed by atoms with Crippen molar-refractivity contribution in [3.8, 4) is 11.5 Å². The Morgan fingerprint density at radius 1 is 1.29 bits per heavy atom. The van der Waals surface area contributed by atoms with Crippen LogP contribution in [0.5, 0.6) is 11.5 Å². The van der Waals surface area contributed by atoms with Crippen molar-refractivity contribution >= 4 is 27.3 Å². The quantitative estimate of drug-likeness (QED) is 0.671. The molecule has 1 N–H and O–H groups in total. The van der Waals surface area contributed by atoms with Crippen molar-refractivity contribution in [2.45, 2.75) is 20.4 Å². The Kier molecular flexibility index (Phi) is 4.86. The Balaban J connectivity index is 1.54. The molecule has 4 rings (SSSR count). The average Bonchev–Trinajstić information content (AvgIpc) is 3.34. The lowest BCUT2D eigenvalue weighted by atomic mass is 10.2. The standard InChI is InChI=1S/C18H19N5O4S/c1-3-22(4-2)18-21-23-16(25)12(9-20-17(23)28-18)15(24)19-8-11-5-6-13-14(7-11)27-10-26-13/h5-7,9H,3-4,8,10H2,1-2H3,(H,19,24). The Bertz CT molecular complexity index is 1090. The molecule has 146 valence electrons. The molecule has 2 aromatic heterocycles. The summed E-state index contributed by atoms with van der Waals surface area (Å²) in [5.74, 6) is 0.818. The summed E-state index contributed by atoms with van der Waals surface area (Å²) in [5.41, 5.74) is 0.307. The van der Waals surface area contributed by atoms with Gasteiger partial charge >= 0.3 is 0 Å². The van der Waals surface area contributed by atoms with Crippen molar-refractivity contribution in [2.24, 2.45) is 0 Å². The summed E-state index contributed by atoms with van der Waals surface area (Å²) in [6.45, 7) is 6.01. The van der Waals surface area contributed by atoms with Gasteiger partial charge < -0.3 is 19.7 Å². The Morgan fingerprint density at radius 2 is 2.07 bits per heavy atom. The molecule has 0 fully saturated rings. The summed E-state index contributed by atoms with van der Waals surface area (Å²) < 4.78 is 11.8. The highest BCUT2D eigenvalue weighted by atomic mass is 32.1. The van der Waals surface area contributed by atoms with Gasteiger partial charge in [0.2, 0.25) is 16.9 Å². The summed E-state index contributed by atoms with van der Waals surface area (Å²) in [4.78, 5) is 31.9. The van der Waals surface area contributed by atoms with Crippen LogP contribution in [-0.2, 0) is 6.54 Å². The zero-order chi connectivity index (χ0) is 19.7. The lowest BCUT2D eigenvalue weighted by molar-refractivity contribution is 0.0948. The van der Waals surface area contributed by atoms with Gasteiger partial charge in [-0.25, -0.2) is 4.98 Å². The van der Waals surface area contributed by atoms with Gasteiger partial charge in [0, 0.05) is 25.8 Å². The van der Waals surface area contributed by atoms with Crippen LogP contribution in [-0.4, -0.2) is 40.4 Å². The molecule has 28 heavy (non-hydrogen) atoms. The van der Waals surface area contributed by atoms with E-state index in [1.165, 1.54) is 22.0 Å². The van der Waals surface area contributed by atoms with E-state index in [0.717, 1.165) is 18.7 Å². The normalized spacial score (nSPS) is 12.4. The molecule has 0 saturated carbocycles. The van der Waals surface area contributed by atoms with Crippen LogP contribution in [0, 0.1) is 0 Å². The number of fused-ring (bicyclic) bond motifs is 2. The number of carbonyl (C=O) groups excluding carboxylic acids is 1. The number of aromatic nitrogens is 3. The minimum Gasteiger partial charge on any atom is -0.454 e. The third kappa shape index (κ3) is 3.26. The van der Waals surface area contributed by atoms with Crippen molar-refractivity contribution < 1.29 is 14.3 Å². The van der Waals surface area contributed by atoms with Crippen molar-refractivity contribution in [3.63, 3.8) is 0 Å². The van der Waals surface area contributed by atoms with Gasteiger partial charge in [-0.2, -0.15) is 4.52 Å². The second kappa shape index (κ2) is 7.47. The first-order valence-corrected chi connectivity index (χ1v) is 9.73. The number of benzene rings is 1. The Morgan fingerprint density at radius 3 is 2.86 bits per heavy atom. The van der Waals surface area contributed by atoms with Gasteiger partial charge in [-0.3, -0.25) is 9.59 Å². The third-order valence-corrected chi connectivity index (χ3v) is 5.43. The van der Waals surface area contributed by atoms with Crippen molar-refractivity contribution in [1.29, 1.82) is 0 Å². The summed E-state index contributed by atoms with van der Waals surface area (Å²) >= 11 is 1.32. The van der Waals surface area contributed by atoms with Gasteiger partial charge in [0.15, 0.2) is 11.5 Å². The molecule has 0 radical (unpaired) electrons. The second-order valence-electron chi connectivity index (χ2n) is 6.10. The number of rotatable bonds is 6. The maximum atomic E-state index is 12.7. The molecular formula is C18H19N5O4S. The molecular weight excluding hydrogens is 382 g/mol. The lowest BCUT2D eigenvalue weighted by Gasteiger charge is -2.15. The molecule has 0 aliphatic carbocycles. The second-order valence-corrected chi connectivity index (χ2v) is 7.03. The van der Waals surface area contributed by atoms with Crippen molar-refractivity contribution in [3.05, 3.63) is 45.9 Å².